The van der Waals surface area contributed by atoms with Crippen LogP contribution in [0.2, 0.25) is 0 Å². The zero-order valence-electron chi connectivity index (χ0n) is 9.41. The standard InChI is InChI=1S/C11H23NO2/c1-10-11(2)14-9-7-12(10)6-4-3-5-8-13/h10-11,13H,3-9H2,1-2H3. The molecular weight excluding hydrogens is 178 g/mol. The van der Waals surface area contributed by atoms with Crippen LogP contribution < -0.4 is 0 Å². The summed E-state index contributed by atoms with van der Waals surface area (Å²) in [5.74, 6) is 0. The monoisotopic (exact) mass is 201 g/mol. The Morgan fingerprint density at radius 1 is 1.29 bits per heavy atom. The van der Waals surface area contributed by atoms with Gasteiger partial charge < -0.3 is 9.84 Å². The van der Waals surface area contributed by atoms with Crippen LogP contribution in [0, 0.1) is 0 Å². The molecule has 0 amide bonds. The van der Waals surface area contributed by atoms with Gasteiger partial charge in [-0.1, -0.05) is 0 Å². The molecule has 3 nitrogen and oxygen atoms in total. The van der Waals surface area contributed by atoms with Crippen LogP contribution in [0.15, 0.2) is 0 Å². The van der Waals surface area contributed by atoms with Crippen molar-refractivity contribution in [2.24, 2.45) is 0 Å². The molecule has 0 bridgehead atoms. The largest absolute Gasteiger partial charge is 0.396 e. The van der Waals surface area contributed by atoms with E-state index in [2.05, 4.69) is 18.7 Å². The van der Waals surface area contributed by atoms with Crippen LogP contribution in [-0.2, 0) is 4.74 Å². The van der Waals surface area contributed by atoms with Crippen LogP contribution in [0.25, 0.3) is 0 Å². The number of hydrogen-bond acceptors (Lipinski definition) is 3. The third-order valence-corrected chi connectivity index (χ3v) is 3.12. The van der Waals surface area contributed by atoms with Crippen LogP contribution in [0.3, 0.4) is 0 Å². The summed E-state index contributed by atoms with van der Waals surface area (Å²) in [5.41, 5.74) is 0. The quantitative estimate of drug-likeness (QED) is 0.680. The predicted molar refractivity (Wildman–Crippen MR) is 57.4 cm³/mol. The highest BCUT2D eigenvalue weighted by atomic mass is 16.5. The molecule has 1 saturated heterocycles. The zero-order chi connectivity index (χ0) is 10.4. The third kappa shape index (κ3) is 3.56. The van der Waals surface area contributed by atoms with Crippen molar-refractivity contribution in [2.75, 3.05) is 26.3 Å². The number of nitrogens with zero attached hydrogens (tertiary/aromatic N) is 1. The average Bonchev–Trinajstić information content (AvgIpc) is 2.19. The molecule has 0 radical (unpaired) electrons. The molecular formula is C11H23NO2. The van der Waals surface area contributed by atoms with Gasteiger partial charge in [0.05, 0.1) is 12.7 Å². The lowest BCUT2D eigenvalue weighted by Crippen LogP contribution is -2.48. The second kappa shape index (κ2) is 6.38. The van der Waals surface area contributed by atoms with Crippen LogP contribution in [0.4, 0.5) is 0 Å². The maximum absolute atomic E-state index is 8.66. The van der Waals surface area contributed by atoms with Gasteiger partial charge in [0.2, 0.25) is 0 Å². The first-order valence-corrected chi connectivity index (χ1v) is 5.72. The number of hydrogen-bond donors (Lipinski definition) is 1. The fourth-order valence-corrected chi connectivity index (χ4v) is 1.91. The maximum atomic E-state index is 8.66. The van der Waals surface area contributed by atoms with E-state index < -0.39 is 0 Å². The van der Waals surface area contributed by atoms with E-state index in [-0.39, 0.29) is 0 Å². The Morgan fingerprint density at radius 3 is 2.79 bits per heavy atom. The minimum atomic E-state index is 0.328. The fourth-order valence-electron chi connectivity index (χ4n) is 1.91. The van der Waals surface area contributed by atoms with Gasteiger partial charge in [0.25, 0.3) is 0 Å². The Bertz CT molecular complexity index is 152. The number of morpholine rings is 1. The summed E-state index contributed by atoms with van der Waals surface area (Å²) >= 11 is 0. The number of unbranched alkanes of at least 4 members (excludes halogenated alkanes) is 2. The van der Waals surface area contributed by atoms with Crippen molar-refractivity contribution in [3.05, 3.63) is 0 Å². The highest BCUT2D eigenvalue weighted by molar-refractivity contribution is 4.77. The van der Waals surface area contributed by atoms with E-state index in [4.69, 9.17) is 9.84 Å². The van der Waals surface area contributed by atoms with E-state index in [1.165, 1.54) is 6.42 Å². The molecule has 1 heterocycles. The lowest BCUT2D eigenvalue weighted by molar-refractivity contribution is -0.0555. The zero-order valence-corrected chi connectivity index (χ0v) is 9.41. The van der Waals surface area contributed by atoms with Crippen molar-refractivity contribution in [1.82, 2.24) is 4.90 Å². The Labute approximate surface area is 87.1 Å². The summed E-state index contributed by atoms with van der Waals surface area (Å²) in [6.07, 6.45) is 3.63. The van der Waals surface area contributed by atoms with Gasteiger partial charge in [-0.2, -0.15) is 0 Å². The number of rotatable bonds is 5. The fraction of sp³-hybridized carbons (Fsp3) is 1.00. The SMILES string of the molecule is CC1OCCN(CCCCCO)C1C. The molecule has 0 spiro atoms. The maximum Gasteiger partial charge on any atom is 0.0700 e. The molecule has 1 fully saturated rings. The molecule has 0 aromatic rings. The van der Waals surface area contributed by atoms with Gasteiger partial charge >= 0.3 is 0 Å². The predicted octanol–water partition coefficient (Wildman–Crippen LogP) is 1.26. The first kappa shape index (κ1) is 12.0. The van der Waals surface area contributed by atoms with Gasteiger partial charge in [-0.25, -0.2) is 0 Å². The second-order valence-corrected chi connectivity index (χ2v) is 4.14. The summed E-state index contributed by atoms with van der Waals surface area (Å²) in [6.45, 7) is 7.78. The van der Waals surface area contributed by atoms with E-state index in [1.54, 1.807) is 0 Å². The minimum absolute atomic E-state index is 0.328. The van der Waals surface area contributed by atoms with Gasteiger partial charge in [-0.15, -0.1) is 0 Å². The molecule has 0 aliphatic carbocycles. The van der Waals surface area contributed by atoms with Crippen LogP contribution in [-0.4, -0.2) is 48.5 Å². The summed E-state index contributed by atoms with van der Waals surface area (Å²) in [4.78, 5) is 2.49. The Hall–Kier alpha value is -0.120. The first-order chi connectivity index (χ1) is 6.75. The normalized spacial score (nSPS) is 29.4. The van der Waals surface area contributed by atoms with Crippen LogP contribution >= 0.6 is 0 Å². The minimum Gasteiger partial charge on any atom is -0.396 e. The summed E-state index contributed by atoms with van der Waals surface area (Å²) in [6, 6.07) is 0.540. The van der Waals surface area contributed by atoms with Gasteiger partial charge in [0, 0.05) is 19.2 Å². The molecule has 2 unspecified atom stereocenters. The summed E-state index contributed by atoms with van der Waals surface area (Å²) < 4.78 is 5.57. The lowest BCUT2D eigenvalue weighted by Gasteiger charge is -2.37. The first-order valence-electron chi connectivity index (χ1n) is 5.72. The molecule has 2 atom stereocenters. The van der Waals surface area contributed by atoms with E-state index in [0.29, 0.717) is 18.8 Å². The summed E-state index contributed by atoms with van der Waals surface area (Å²) in [7, 11) is 0. The number of aliphatic hydroxyl groups is 1. The lowest BCUT2D eigenvalue weighted by atomic mass is 10.1. The van der Waals surface area contributed by atoms with E-state index in [1.807, 2.05) is 0 Å². The third-order valence-electron chi connectivity index (χ3n) is 3.12. The molecule has 3 heteroatoms. The molecule has 0 saturated carbocycles. The van der Waals surface area contributed by atoms with E-state index >= 15 is 0 Å². The van der Waals surface area contributed by atoms with Crippen LogP contribution in [0.1, 0.15) is 33.1 Å². The van der Waals surface area contributed by atoms with Gasteiger partial charge in [-0.3, -0.25) is 4.90 Å². The van der Waals surface area contributed by atoms with Crippen molar-refractivity contribution >= 4 is 0 Å². The van der Waals surface area contributed by atoms with Crippen molar-refractivity contribution < 1.29 is 9.84 Å². The highest BCUT2D eigenvalue weighted by Gasteiger charge is 2.24. The Balaban J connectivity index is 2.15. The van der Waals surface area contributed by atoms with E-state index in [0.717, 1.165) is 32.5 Å². The van der Waals surface area contributed by atoms with Crippen molar-refractivity contribution in [3.8, 4) is 0 Å². The van der Waals surface area contributed by atoms with Crippen molar-refractivity contribution in [2.45, 2.75) is 45.3 Å². The highest BCUT2D eigenvalue weighted by Crippen LogP contribution is 2.14. The van der Waals surface area contributed by atoms with Crippen LogP contribution in [0.5, 0.6) is 0 Å². The van der Waals surface area contributed by atoms with Gasteiger partial charge in [0.15, 0.2) is 0 Å². The smallest absolute Gasteiger partial charge is 0.0700 e. The molecule has 0 aromatic heterocycles. The topological polar surface area (TPSA) is 32.7 Å². The Morgan fingerprint density at radius 2 is 2.07 bits per heavy atom. The molecule has 1 rings (SSSR count). The molecule has 1 aliphatic heterocycles. The van der Waals surface area contributed by atoms with Crippen molar-refractivity contribution in [3.63, 3.8) is 0 Å². The molecule has 1 aliphatic rings. The number of aliphatic hydroxyl groups excluding tert-OH is 1. The van der Waals surface area contributed by atoms with Crippen molar-refractivity contribution in [1.29, 1.82) is 0 Å². The second-order valence-electron chi connectivity index (χ2n) is 4.14. The summed E-state index contributed by atoms with van der Waals surface area (Å²) in [5, 5.41) is 8.66. The average molecular weight is 201 g/mol. The molecule has 0 aromatic carbocycles. The Kier molecular flexibility index (Phi) is 5.45. The van der Waals surface area contributed by atoms with E-state index in [9.17, 15) is 0 Å². The van der Waals surface area contributed by atoms with Gasteiger partial charge in [-0.05, 0) is 39.7 Å². The van der Waals surface area contributed by atoms with Gasteiger partial charge in [0.1, 0.15) is 0 Å². The molecule has 1 N–H and O–H groups in total. The molecule has 14 heavy (non-hydrogen) atoms. The molecule has 84 valence electrons. The number of ether oxygens (including phenoxy) is 1.